The fraction of sp³-hybridized carbons (Fsp3) is 0.222. The van der Waals surface area contributed by atoms with Crippen LogP contribution in [0.3, 0.4) is 0 Å². The molecule has 0 heterocycles. The predicted octanol–water partition coefficient (Wildman–Crippen LogP) is 7.51. The number of nitrogens with zero attached hydrogens (tertiary/aromatic N) is 1. The van der Waals surface area contributed by atoms with Gasteiger partial charge in [0.1, 0.15) is 12.4 Å². The Hall–Kier alpha value is -4.76. The van der Waals surface area contributed by atoms with Crippen molar-refractivity contribution in [2.75, 3.05) is 18.5 Å². The molecule has 0 spiro atoms. The summed E-state index contributed by atoms with van der Waals surface area (Å²) >= 11 is 0. The van der Waals surface area contributed by atoms with Gasteiger partial charge in [0, 0.05) is 18.1 Å². The maximum atomic E-state index is 13.1. The zero-order chi connectivity index (χ0) is 32.0. The van der Waals surface area contributed by atoms with E-state index >= 15 is 0 Å². The molecule has 2 N–H and O–H groups in total. The van der Waals surface area contributed by atoms with E-state index < -0.39 is 63.9 Å². The number of carboxylic acids is 1. The first-order valence-corrected chi connectivity index (χ1v) is 11.9. The van der Waals surface area contributed by atoms with Gasteiger partial charge in [0.05, 0.1) is 40.8 Å². The molecule has 3 aromatic carbocycles. The lowest BCUT2D eigenvalue weighted by molar-refractivity contribution is -0.143. The molecule has 0 atom stereocenters. The molecule has 16 heteroatoms. The molecule has 0 fully saturated rings. The summed E-state index contributed by atoms with van der Waals surface area (Å²) < 4.78 is 122. The molecule has 0 saturated heterocycles. The molecule has 3 rings (SSSR count). The van der Waals surface area contributed by atoms with Gasteiger partial charge in [-0.25, -0.2) is 4.79 Å². The number of halogens is 9. The summed E-state index contributed by atoms with van der Waals surface area (Å²) in [6.07, 6.45) is -13.5. The van der Waals surface area contributed by atoms with Crippen molar-refractivity contribution in [3.63, 3.8) is 0 Å². The Morgan fingerprint density at radius 3 is 1.88 bits per heavy atom. The van der Waals surface area contributed by atoms with Gasteiger partial charge in [-0.2, -0.15) is 39.5 Å². The standard InChI is InChI=1S/C27H19F9N2O5/c28-25(29,30)17-4-2-15(3-5-17)14-37-43-9-1-8-42-20-6-7-21(24(40)41)22(13-20)38-23(39)16-10-18(26(31,32)33)12-19(11-16)27(34,35)36/h2-7,10-14H,1,8-9H2,(H,38,39)(H,40,41). The van der Waals surface area contributed by atoms with Crippen molar-refractivity contribution >= 4 is 23.8 Å². The molecule has 3 aromatic rings. The van der Waals surface area contributed by atoms with E-state index in [1.807, 2.05) is 5.32 Å². The lowest BCUT2D eigenvalue weighted by atomic mass is 10.0. The average Bonchev–Trinajstić information content (AvgIpc) is 2.91. The van der Waals surface area contributed by atoms with Crippen LogP contribution >= 0.6 is 0 Å². The van der Waals surface area contributed by atoms with Crippen molar-refractivity contribution in [1.29, 1.82) is 0 Å². The number of aromatic carboxylic acids is 1. The number of carboxylic acid groups (broad SMARTS) is 1. The zero-order valence-corrected chi connectivity index (χ0v) is 21.4. The largest absolute Gasteiger partial charge is 0.493 e. The van der Waals surface area contributed by atoms with E-state index in [2.05, 4.69) is 5.16 Å². The van der Waals surface area contributed by atoms with Crippen molar-refractivity contribution in [3.8, 4) is 5.75 Å². The molecule has 0 radical (unpaired) electrons. The van der Waals surface area contributed by atoms with Crippen LogP contribution in [-0.2, 0) is 23.4 Å². The number of carbonyl (C=O) groups is 2. The van der Waals surface area contributed by atoms with Crippen LogP contribution in [0.4, 0.5) is 45.2 Å². The van der Waals surface area contributed by atoms with Gasteiger partial charge in [-0.05, 0) is 48.0 Å². The summed E-state index contributed by atoms with van der Waals surface area (Å²) in [6, 6.07) is 7.61. The number of nitrogens with one attached hydrogen (secondary N) is 1. The highest BCUT2D eigenvalue weighted by atomic mass is 19.4. The van der Waals surface area contributed by atoms with E-state index in [4.69, 9.17) is 9.57 Å². The van der Waals surface area contributed by atoms with Crippen LogP contribution in [0.5, 0.6) is 5.75 Å². The maximum Gasteiger partial charge on any atom is 0.416 e. The molecule has 0 unspecified atom stereocenters. The molecule has 0 aliphatic carbocycles. The smallest absolute Gasteiger partial charge is 0.416 e. The second-order valence-electron chi connectivity index (χ2n) is 8.65. The van der Waals surface area contributed by atoms with Crippen molar-refractivity contribution < 1.29 is 63.8 Å². The van der Waals surface area contributed by atoms with Crippen LogP contribution < -0.4 is 10.1 Å². The number of hydrogen-bond acceptors (Lipinski definition) is 5. The van der Waals surface area contributed by atoms with Crippen molar-refractivity contribution in [1.82, 2.24) is 0 Å². The minimum Gasteiger partial charge on any atom is -0.493 e. The topological polar surface area (TPSA) is 97.2 Å². The van der Waals surface area contributed by atoms with Gasteiger partial charge in [0.15, 0.2) is 0 Å². The normalized spacial score (nSPS) is 12.3. The Morgan fingerprint density at radius 2 is 1.35 bits per heavy atom. The average molecular weight is 622 g/mol. The molecule has 0 aliphatic rings. The second kappa shape index (κ2) is 13.0. The quantitative estimate of drug-likeness (QED) is 0.106. The molecular weight excluding hydrogens is 603 g/mol. The molecule has 230 valence electrons. The van der Waals surface area contributed by atoms with Crippen LogP contribution in [-0.4, -0.2) is 36.4 Å². The Balaban J connectivity index is 1.63. The molecule has 0 bridgehead atoms. The number of carbonyl (C=O) groups excluding carboxylic acids is 1. The lowest BCUT2D eigenvalue weighted by Gasteiger charge is -2.15. The number of rotatable bonds is 10. The van der Waals surface area contributed by atoms with E-state index in [0.29, 0.717) is 5.56 Å². The molecule has 7 nitrogen and oxygen atoms in total. The van der Waals surface area contributed by atoms with Gasteiger partial charge in [0.25, 0.3) is 5.91 Å². The SMILES string of the molecule is O=C(Nc1cc(OCCCON=Cc2ccc(C(F)(F)F)cc2)ccc1C(=O)O)c1cc(C(F)(F)F)cc(C(F)(F)F)c1. The molecule has 0 aromatic heterocycles. The summed E-state index contributed by atoms with van der Waals surface area (Å²) in [5.41, 5.74) is -5.94. The predicted molar refractivity (Wildman–Crippen MR) is 133 cm³/mol. The Kier molecular flexibility index (Phi) is 9.93. The lowest BCUT2D eigenvalue weighted by Crippen LogP contribution is -2.18. The number of oxime groups is 1. The first-order chi connectivity index (χ1) is 19.9. The van der Waals surface area contributed by atoms with E-state index in [1.165, 1.54) is 24.4 Å². The highest BCUT2D eigenvalue weighted by Gasteiger charge is 2.37. The van der Waals surface area contributed by atoms with Crippen LogP contribution in [0.25, 0.3) is 0 Å². The van der Waals surface area contributed by atoms with Gasteiger partial charge in [-0.1, -0.05) is 17.3 Å². The van der Waals surface area contributed by atoms with Gasteiger partial charge >= 0.3 is 24.5 Å². The van der Waals surface area contributed by atoms with Crippen LogP contribution in [0.15, 0.2) is 65.8 Å². The Labute approximate surface area is 236 Å². The third kappa shape index (κ3) is 9.37. The first kappa shape index (κ1) is 32.8. The molecule has 0 aliphatic heterocycles. The van der Waals surface area contributed by atoms with E-state index in [9.17, 15) is 54.2 Å². The van der Waals surface area contributed by atoms with Crippen molar-refractivity contribution in [3.05, 3.63) is 94.0 Å². The Morgan fingerprint density at radius 1 is 0.767 bits per heavy atom. The van der Waals surface area contributed by atoms with Gasteiger partial charge in [0.2, 0.25) is 0 Å². The minimum atomic E-state index is -5.20. The number of alkyl halides is 9. The summed E-state index contributed by atoms with van der Waals surface area (Å²) in [5, 5.41) is 15.0. The van der Waals surface area contributed by atoms with Crippen LogP contribution in [0, 0.1) is 0 Å². The second-order valence-corrected chi connectivity index (χ2v) is 8.65. The molecular formula is C27H19F9N2O5. The number of amides is 1. The highest BCUT2D eigenvalue weighted by Crippen LogP contribution is 2.36. The fourth-order valence-corrected chi connectivity index (χ4v) is 3.41. The number of hydrogen-bond donors (Lipinski definition) is 2. The van der Waals surface area contributed by atoms with E-state index in [1.54, 1.807) is 0 Å². The summed E-state index contributed by atoms with van der Waals surface area (Å²) in [7, 11) is 0. The highest BCUT2D eigenvalue weighted by molar-refractivity contribution is 6.08. The third-order valence-electron chi connectivity index (χ3n) is 5.48. The Bertz CT molecular complexity index is 1450. The number of benzene rings is 3. The first-order valence-electron chi connectivity index (χ1n) is 11.9. The summed E-state index contributed by atoms with van der Waals surface area (Å²) in [4.78, 5) is 29.2. The van der Waals surface area contributed by atoms with Gasteiger partial charge in [-0.15, -0.1) is 0 Å². The fourth-order valence-electron chi connectivity index (χ4n) is 3.41. The van der Waals surface area contributed by atoms with Crippen molar-refractivity contribution in [2.24, 2.45) is 5.16 Å². The summed E-state index contributed by atoms with van der Waals surface area (Å²) in [6.45, 7) is -0.0524. The molecule has 0 saturated carbocycles. The molecule has 43 heavy (non-hydrogen) atoms. The summed E-state index contributed by atoms with van der Waals surface area (Å²) in [5.74, 6) is -3.00. The zero-order valence-electron chi connectivity index (χ0n) is 21.4. The van der Waals surface area contributed by atoms with Crippen LogP contribution in [0.2, 0.25) is 0 Å². The van der Waals surface area contributed by atoms with Gasteiger partial charge < -0.3 is 20.0 Å². The van der Waals surface area contributed by atoms with Crippen molar-refractivity contribution in [2.45, 2.75) is 24.9 Å². The maximum absolute atomic E-state index is 13.1. The monoisotopic (exact) mass is 622 g/mol. The number of ether oxygens (including phenoxy) is 1. The minimum absolute atomic E-state index is 0.00595. The van der Waals surface area contributed by atoms with E-state index in [-0.39, 0.29) is 43.6 Å². The van der Waals surface area contributed by atoms with Gasteiger partial charge in [-0.3, -0.25) is 4.79 Å². The number of anilines is 1. The van der Waals surface area contributed by atoms with E-state index in [0.717, 1.165) is 24.3 Å². The third-order valence-corrected chi connectivity index (χ3v) is 5.48. The van der Waals surface area contributed by atoms with Crippen LogP contribution in [0.1, 0.15) is 49.4 Å². The molecule has 1 amide bonds.